The molecule has 1 saturated heterocycles. The number of thiazole rings is 1. The number of fused-ring (bicyclic) bond motifs is 1. The number of ether oxygens (including phenoxy) is 2. The molecule has 1 aliphatic heterocycles. The lowest BCUT2D eigenvalue weighted by Crippen LogP contribution is -2.38. The van der Waals surface area contributed by atoms with E-state index >= 15 is 0 Å². The highest BCUT2D eigenvalue weighted by atomic mass is 32.1. The number of amides is 1. The van der Waals surface area contributed by atoms with Crippen LogP contribution in [0.25, 0.3) is 17.8 Å². The molecule has 1 amide bonds. The third-order valence-corrected chi connectivity index (χ3v) is 9.39. The zero-order chi connectivity index (χ0) is 36.1. The number of carbonyl (C=O) groups excluding carboxylic acids is 2. The summed E-state index contributed by atoms with van der Waals surface area (Å²) in [4.78, 5) is 51.5. The van der Waals surface area contributed by atoms with Crippen molar-refractivity contribution in [2.24, 2.45) is 5.92 Å². The molecule has 1 N–H and O–H groups in total. The molecule has 1 atom stereocenters. The van der Waals surface area contributed by atoms with E-state index in [2.05, 4.69) is 46.6 Å². The van der Waals surface area contributed by atoms with Gasteiger partial charge in [-0.3, -0.25) is 24.1 Å². The average Bonchev–Trinajstić information content (AvgIpc) is 3.78. The average molecular weight is 712 g/mol. The first-order chi connectivity index (χ1) is 24.5. The molecule has 1 aromatic carbocycles. The maximum absolute atomic E-state index is 14.2. The van der Waals surface area contributed by atoms with Gasteiger partial charge in [0, 0.05) is 35.6 Å². The van der Waals surface area contributed by atoms with Gasteiger partial charge in [-0.25, -0.2) is 14.6 Å². The van der Waals surface area contributed by atoms with Gasteiger partial charge >= 0.3 is 5.97 Å². The van der Waals surface area contributed by atoms with Crippen LogP contribution in [0.5, 0.6) is 5.75 Å². The van der Waals surface area contributed by atoms with Crippen LogP contribution >= 0.6 is 11.3 Å². The van der Waals surface area contributed by atoms with E-state index in [1.807, 2.05) is 34.5 Å². The van der Waals surface area contributed by atoms with Crippen LogP contribution in [0.15, 0.2) is 52.8 Å². The Bertz CT molecular complexity index is 2110. The minimum atomic E-state index is -0.358. The summed E-state index contributed by atoms with van der Waals surface area (Å²) in [5.41, 5.74) is 2.36. The Morgan fingerprint density at radius 1 is 1.12 bits per heavy atom. The van der Waals surface area contributed by atoms with E-state index in [0.29, 0.717) is 59.8 Å². The number of aromatic nitrogens is 7. The van der Waals surface area contributed by atoms with Gasteiger partial charge < -0.3 is 14.4 Å². The minimum Gasteiger partial charge on any atom is -0.497 e. The maximum atomic E-state index is 14.2. The molecular weight excluding hydrogens is 671 g/mol. The highest BCUT2D eigenvalue weighted by molar-refractivity contribution is 7.14. The Morgan fingerprint density at radius 3 is 2.65 bits per heavy atom. The summed E-state index contributed by atoms with van der Waals surface area (Å²) in [5.74, 6) is 1.07. The van der Waals surface area contributed by atoms with Gasteiger partial charge in [-0.05, 0) is 78.1 Å². The molecule has 0 bridgehead atoms. The molecule has 5 aromatic rings. The van der Waals surface area contributed by atoms with Gasteiger partial charge in [0.25, 0.3) is 11.5 Å². The predicted octanol–water partition coefficient (Wildman–Crippen LogP) is 5.08. The molecule has 266 valence electrons. The highest BCUT2D eigenvalue weighted by Crippen LogP contribution is 2.29. The van der Waals surface area contributed by atoms with Crippen molar-refractivity contribution >= 4 is 52.0 Å². The summed E-state index contributed by atoms with van der Waals surface area (Å²) in [6, 6.07) is 10.8. The van der Waals surface area contributed by atoms with Crippen molar-refractivity contribution in [3.63, 3.8) is 0 Å². The normalized spacial score (nSPS) is 15.0. The Morgan fingerprint density at radius 2 is 1.92 bits per heavy atom. The predicted molar refractivity (Wildman–Crippen MR) is 195 cm³/mol. The zero-order valence-corrected chi connectivity index (χ0v) is 30.1. The van der Waals surface area contributed by atoms with E-state index in [1.54, 1.807) is 49.2 Å². The number of nitrogens with zero attached hydrogens (tertiary/aromatic N) is 8. The first-order valence-corrected chi connectivity index (χ1v) is 17.7. The Kier molecular flexibility index (Phi) is 10.6. The van der Waals surface area contributed by atoms with Crippen LogP contribution in [-0.2, 0) is 21.5 Å². The molecule has 0 saturated carbocycles. The third-order valence-electron chi connectivity index (χ3n) is 8.63. The van der Waals surface area contributed by atoms with E-state index in [0.717, 1.165) is 29.8 Å². The number of esters is 1. The summed E-state index contributed by atoms with van der Waals surface area (Å²) in [6.07, 6.45) is 6.86. The second-order valence-electron chi connectivity index (χ2n) is 13.4. The van der Waals surface area contributed by atoms with Crippen LogP contribution in [0.4, 0.5) is 10.9 Å². The lowest BCUT2D eigenvalue weighted by Gasteiger charge is -2.34. The van der Waals surface area contributed by atoms with Crippen LogP contribution < -0.4 is 20.5 Å². The number of nitrogens with one attached hydrogen (secondary N) is 1. The van der Waals surface area contributed by atoms with Crippen LogP contribution in [0.1, 0.15) is 80.0 Å². The molecule has 1 fully saturated rings. The number of rotatable bonds is 11. The molecule has 51 heavy (non-hydrogen) atoms. The van der Waals surface area contributed by atoms with Gasteiger partial charge in [-0.1, -0.05) is 32.9 Å². The van der Waals surface area contributed by atoms with Gasteiger partial charge in [0.05, 0.1) is 37.9 Å². The van der Waals surface area contributed by atoms with Crippen molar-refractivity contribution in [3.05, 3.63) is 86.5 Å². The van der Waals surface area contributed by atoms with Crippen molar-refractivity contribution in [1.29, 1.82) is 0 Å². The van der Waals surface area contributed by atoms with Crippen molar-refractivity contribution < 1.29 is 19.1 Å². The number of carbonyl (C=O) groups is 2. The van der Waals surface area contributed by atoms with Crippen LogP contribution in [0, 0.1) is 5.92 Å². The maximum Gasteiger partial charge on any atom is 0.306 e. The van der Waals surface area contributed by atoms with E-state index in [4.69, 9.17) is 14.5 Å². The molecule has 1 unspecified atom stereocenters. The topological polar surface area (TPSA) is 159 Å². The van der Waals surface area contributed by atoms with Crippen molar-refractivity contribution in [2.75, 3.05) is 37.0 Å². The summed E-state index contributed by atoms with van der Waals surface area (Å²) in [6.45, 7) is 9.85. The Hall–Kier alpha value is -5.44. The number of tetrazole rings is 1. The smallest absolute Gasteiger partial charge is 0.306 e. The number of anilines is 2. The summed E-state index contributed by atoms with van der Waals surface area (Å²) < 4.78 is 13.5. The SMILES string of the molecule is CCOC(=O)CC1CCCN(c2nc3cc(C(=O)Nc4nc(C(C)(C)C)cs4)ccn3c(=O)c2C=Cc2nnnn2Cc2ccc(OC)cc2)C1. The monoisotopic (exact) mass is 711 g/mol. The first-order valence-electron chi connectivity index (χ1n) is 16.8. The lowest BCUT2D eigenvalue weighted by molar-refractivity contribution is -0.144. The molecule has 14 nitrogen and oxygen atoms in total. The van der Waals surface area contributed by atoms with E-state index in [1.165, 1.54) is 15.7 Å². The second kappa shape index (κ2) is 15.2. The fourth-order valence-corrected chi connectivity index (χ4v) is 6.83. The number of hydrogen-bond acceptors (Lipinski definition) is 12. The van der Waals surface area contributed by atoms with E-state index in [9.17, 15) is 14.4 Å². The van der Waals surface area contributed by atoms with Crippen LogP contribution in [0.2, 0.25) is 0 Å². The molecule has 0 aliphatic carbocycles. The summed E-state index contributed by atoms with van der Waals surface area (Å²) in [7, 11) is 1.62. The summed E-state index contributed by atoms with van der Waals surface area (Å²) >= 11 is 1.36. The Labute approximate surface area is 299 Å². The van der Waals surface area contributed by atoms with Gasteiger partial charge in [0.2, 0.25) is 0 Å². The highest BCUT2D eigenvalue weighted by Gasteiger charge is 2.27. The number of piperidine rings is 1. The Balaban J connectivity index is 1.34. The fraction of sp³-hybridized carbons (Fsp3) is 0.389. The number of benzene rings is 1. The molecule has 4 aromatic heterocycles. The second-order valence-corrected chi connectivity index (χ2v) is 14.2. The molecule has 5 heterocycles. The standard InChI is InChI=1S/C36H41N9O5S/c1-6-50-31(46)18-24-8-7-16-43(20-24)32-27(13-14-29-40-41-42-45(29)21-23-9-11-26(49-5)12-10-23)34(48)44-17-15-25(19-30(44)38-32)33(47)39-35-37-28(22-51-35)36(2,3)4/h9-15,17,19,22,24H,6-8,16,18,20-21H2,1-5H3,(H,37,39,47). The van der Waals surface area contributed by atoms with Crippen molar-refractivity contribution in [1.82, 2.24) is 34.6 Å². The molecule has 0 radical (unpaired) electrons. The molecule has 15 heteroatoms. The van der Waals surface area contributed by atoms with E-state index < -0.39 is 0 Å². The minimum absolute atomic E-state index is 0.0278. The van der Waals surface area contributed by atoms with Gasteiger partial charge in [-0.2, -0.15) is 0 Å². The number of hydrogen-bond donors (Lipinski definition) is 1. The third kappa shape index (κ3) is 8.31. The largest absolute Gasteiger partial charge is 0.497 e. The van der Waals surface area contributed by atoms with Gasteiger partial charge in [0.15, 0.2) is 11.0 Å². The fourth-order valence-electron chi connectivity index (χ4n) is 5.90. The van der Waals surface area contributed by atoms with Crippen LogP contribution in [0.3, 0.4) is 0 Å². The van der Waals surface area contributed by atoms with Crippen molar-refractivity contribution in [3.8, 4) is 5.75 Å². The van der Waals surface area contributed by atoms with Gasteiger partial charge in [-0.15, -0.1) is 16.4 Å². The van der Waals surface area contributed by atoms with Crippen molar-refractivity contribution in [2.45, 2.75) is 58.9 Å². The van der Waals surface area contributed by atoms with Gasteiger partial charge in [0.1, 0.15) is 17.2 Å². The van der Waals surface area contributed by atoms with Crippen LogP contribution in [-0.4, -0.2) is 73.3 Å². The quantitative estimate of drug-likeness (QED) is 0.182. The lowest BCUT2D eigenvalue weighted by atomic mass is 9.93. The first kappa shape index (κ1) is 35.4. The zero-order valence-electron chi connectivity index (χ0n) is 29.3. The summed E-state index contributed by atoms with van der Waals surface area (Å²) in [5, 5.41) is 17.5. The van der Waals surface area contributed by atoms with E-state index in [-0.39, 0.29) is 35.2 Å². The number of methoxy groups -OCH3 is 1. The molecule has 6 rings (SSSR count). The molecular formula is C36H41N9O5S. The molecule has 0 spiro atoms. The number of pyridine rings is 1. The molecule has 1 aliphatic rings.